The number of nitrogens with two attached hydrogens (primary N) is 1. The number of aromatic nitrogens is 3. The van der Waals surface area contributed by atoms with Gasteiger partial charge < -0.3 is 10.6 Å². The van der Waals surface area contributed by atoms with Gasteiger partial charge in [0.05, 0.1) is 0 Å². The Morgan fingerprint density at radius 2 is 2.11 bits per heavy atom. The predicted octanol–water partition coefficient (Wildman–Crippen LogP) is 1.88. The molecule has 2 rings (SSSR count). The van der Waals surface area contributed by atoms with E-state index in [1.165, 1.54) is 0 Å². The molecule has 0 radical (unpaired) electrons. The molecule has 0 spiro atoms. The lowest BCUT2D eigenvalue weighted by molar-refractivity contribution is 0.257. The molecule has 1 unspecified atom stereocenters. The van der Waals surface area contributed by atoms with Crippen LogP contribution in [0.15, 0.2) is 0 Å². The molecular formula is C13H25N5. The molecule has 1 aromatic rings. The fraction of sp³-hybridized carbons (Fsp3) is 0.846. The van der Waals surface area contributed by atoms with E-state index >= 15 is 0 Å². The van der Waals surface area contributed by atoms with Gasteiger partial charge in [0, 0.05) is 19.0 Å². The highest BCUT2D eigenvalue weighted by molar-refractivity contribution is 5.30. The molecule has 2 heterocycles. The van der Waals surface area contributed by atoms with Crippen LogP contribution in [0.2, 0.25) is 0 Å². The van der Waals surface area contributed by atoms with Crippen LogP contribution in [0.3, 0.4) is 0 Å². The molecule has 1 atom stereocenters. The summed E-state index contributed by atoms with van der Waals surface area (Å²) in [4.78, 5) is 6.87. The standard InChI is InChI=1S/C13H25N5/c1-4-10(2)11-15-12(17-16-11)18-7-5-13(3,9-14)6-8-18/h10H,4-9,14H2,1-3H3,(H,15,16,17). The van der Waals surface area contributed by atoms with Gasteiger partial charge >= 0.3 is 0 Å². The summed E-state index contributed by atoms with van der Waals surface area (Å²) in [6, 6.07) is 0. The van der Waals surface area contributed by atoms with Crippen molar-refractivity contribution >= 4 is 5.95 Å². The smallest absolute Gasteiger partial charge is 0.244 e. The first kappa shape index (κ1) is 13.3. The Kier molecular flexibility index (Phi) is 3.90. The zero-order valence-corrected chi connectivity index (χ0v) is 11.7. The first-order valence-electron chi connectivity index (χ1n) is 6.95. The summed E-state index contributed by atoms with van der Waals surface area (Å²) in [7, 11) is 0. The lowest BCUT2D eigenvalue weighted by atomic mass is 9.81. The molecule has 1 aliphatic rings. The summed E-state index contributed by atoms with van der Waals surface area (Å²) in [5, 5.41) is 7.40. The molecule has 0 saturated carbocycles. The van der Waals surface area contributed by atoms with Crippen LogP contribution in [0.1, 0.15) is 51.8 Å². The van der Waals surface area contributed by atoms with Crippen LogP contribution >= 0.6 is 0 Å². The van der Waals surface area contributed by atoms with E-state index in [9.17, 15) is 0 Å². The Bertz CT molecular complexity index is 378. The molecule has 0 bridgehead atoms. The number of aromatic amines is 1. The van der Waals surface area contributed by atoms with E-state index in [1.54, 1.807) is 0 Å². The first-order chi connectivity index (χ1) is 8.58. The molecule has 0 aliphatic carbocycles. The third-order valence-electron chi connectivity index (χ3n) is 4.32. The third-order valence-corrected chi connectivity index (χ3v) is 4.32. The van der Waals surface area contributed by atoms with Gasteiger partial charge in [-0.15, -0.1) is 5.10 Å². The third kappa shape index (κ3) is 2.66. The van der Waals surface area contributed by atoms with Crippen molar-refractivity contribution in [3.05, 3.63) is 5.82 Å². The van der Waals surface area contributed by atoms with Crippen LogP contribution in [0, 0.1) is 5.41 Å². The average Bonchev–Trinajstić information content (AvgIpc) is 2.88. The Morgan fingerprint density at radius 1 is 1.44 bits per heavy atom. The van der Waals surface area contributed by atoms with E-state index in [4.69, 9.17) is 5.73 Å². The van der Waals surface area contributed by atoms with Gasteiger partial charge in [0.2, 0.25) is 5.95 Å². The number of hydrogen-bond acceptors (Lipinski definition) is 4. The summed E-state index contributed by atoms with van der Waals surface area (Å²) in [6.45, 7) is 9.39. The van der Waals surface area contributed by atoms with Crippen molar-refractivity contribution in [2.75, 3.05) is 24.5 Å². The van der Waals surface area contributed by atoms with E-state index in [0.717, 1.165) is 50.7 Å². The quantitative estimate of drug-likeness (QED) is 0.857. The van der Waals surface area contributed by atoms with Crippen molar-refractivity contribution in [2.45, 2.75) is 46.0 Å². The molecule has 1 saturated heterocycles. The largest absolute Gasteiger partial charge is 0.340 e. The van der Waals surface area contributed by atoms with Gasteiger partial charge in [-0.05, 0) is 31.2 Å². The van der Waals surface area contributed by atoms with Gasteiger partial charge in [-0.2, -0.15) is 4.98 Å². The van der Waals surface area contributed by atoms with E-state index in [1.807, 2.05) is 0 Å². The minimum atomic E-state index is 0.298. The van der Waals surface area contributed by atoms with Crippen LogP contribution in [0.25, 0.3) is 0 Å². The summed E-state index contributed by atoms with van der Waals surface area (Å²) in [5.74, 6) is 2.30. The van der Waals surface area contributed by atoms with Gasteiger partial charge in [-0.25, -0.2) is 0 Å². The second kappa shape index (κ2) is 5.26. The first-order valence-corrected chi connectivity index (χ1v) is 6.95. The normalized spacial score (nSPS) is 21.0. The minimum absolute atomic E-state index is 0.298. The molecule has 1 aliphatic heterocycles. The summed E-state index contributed by atoms with van der Waals surface area (Å²) in [6.07, 6.45) is 3.33. The highest BCUT2D eigenvalue weighted by Gasteiger charge is 2.30. The molecule has 5 nitrogen and oxygen atoms in total. The van der Waals surface area contributed by atoms with Gasteiger partial charge in [0.25, 0.3) is 0 Å². The Hall–Kier alpha value is -1.10. The summed E-state index contributed by atoms with van der Waals surface area (Å²) >= 11 is 0. The molecule has 5 heteroatoms. The second-order valence-corrected chi connectivity index (χ2v) is 5.83. The van der Waals surface area contributed by atoms with Crippen molar-refractivity contribution in [3.63, 3.8) is 0 Å². The maximum atomic E-state index is 5.83. The van der Waals surface area contributed by atoms with Gasteiger partial charge in [0.15, 0.2) is 0 Å². The number of H-pyrrole nitrogens is 1. The number of piperidine rings is 1. The average molecular weight is 251 g/mol. The van der Waals surface area contributed by atoms with Crippen molar-refractivity contribution in [3.8, 4) is 0 Å². The molecular weight excluding hydrogens is 226 g/mol. The van der Waals surface area contributed by atoms with E-state index in [2.05, 4.69) is 40.9 Å². The molecule has 3 N–H and O–H groups in total. The van der Waals surface area contributed by atoms with Gasteiger partial charge in [-0.3, -0.25) is 5.10 Å². The fourth-order valence-corrected chi connectivity index (χ4v) is 2.27. The summed E-state index contributed by atoms with van der Waals surface area (Å²) < 4.78 is 0. The van der Waals surface area contributed by atoms with Crippen LogP contribution in [0.5, 0.6) is 0 Å². The van der Waals surface area contributed by atoms with E-state index in [0.29, 0.717) is 11.3 Å². The maximum absolute atomic E-state index is 5.83. The number of nitrogens with one attached hydrogen (secondary N) is 1. The highest BCUT2D eigenvalue weighted by Crippen LogP contribution is 2.31. The number of rotatable bonds is 4. The number of nitrogens with zero attached hydrogens (tertiary/aromatic N) is 3. The molecule has 18 heavy (non-hydrogen) atoms. The van der Waals surface area contributed by atoms with Crippen molar-refractivity contribution in [1.29, 1.82) is 0 Å². The van der Waals surface area contributed by atoms with E-state index in [-0.39, 0.29) is 0 Å². The number of hydrogen-bond donors (Lipinski definition) is 2. The Labute approximate surface area is 109 Å². The van der Waals surface area contributed by atoms with Crippen LogP contribution < -0.4 is 10.6 Å². The SMILES string of the molecule is CCC(C)c1nc(N2CCC(C)(CN)CC2)n[nH]1. The monoisotopic (exact) mass is 251 g/mol. The number of anilines is 1. The molecule has 1 aromatic heterocycles. The van der Waals surface area contributed by atoms with Crippen LogP contribution in [-0.2, 0) is 0 Å². The lowest BCUT2D eigenvalue weighted by Gasteiger charge is -2.38. The van der Waals surface area contributed by atoms with Crippen molar-refractivity contribution in [1.82, 2.24) is 15.2 Å². The van der Waals surface area contributed by atoms with E-state index < -0.39 is 0 Å². The molecule has 102 valence electrons. The van der Waals surface area contributed by atoms with Gasteiger partial charge in [-0.1, -0.05) is 20.8 Å². The second-order valence-electron chi connectivity index (χ2n) is 5.83. The zero-order chi connectivity index (χ0) is 13.2. The predicted molar refractivity (Wildman–Crippen MR) is 73.7 cm³/mol. The van der Waals surface area contributed by atoms with Crippen LogP contribution in [-0.4, -0.2) is 34.8 Å². The fourth-order valence-electron chi connectivity index (χ4n) is 2.27. The van der Waals surface area contributed by atoms with Gasteiger partial charge in [0.1, 0.15) is 5.82 Å². The Balaban J connectivity index is 1.99. The molecule has 1 fully saturated rings. The zero-order valence-electron chi connectivity index (χ0n) is 11.7. The minimum Gasteiger partial charge on any atom is -0.340 e. The van der Waals surface area contributed by atoms with Crippen molar-refractivity contribution < 1.29 is 0 Å². The molecule has 0 aromatic carbocycles. The summed E-state index contributed by atoms with van der Waals surface area (Å²) in [5.41, 5.74) is 6.13. The maximum Gasteiger partial charge on any atom is 0.244 e. The van der Waals surface area contributed by atoms with Crippen LogP contribution in [0.4, 0.5) is 5.95 Å². The topological polar surface area (TPSA) is 70.8 Å². The molecule has 0 amide bonds. The lowest BCUT2D eigenvalue weighted by Crippen LogP contribution is -2.42. The highest BCUT2D eigenvalue weighted by atomic mass is 15.4. The van der Waals surface area contributed by atoms with Crippen molar-refractivity contribution in [2.24, 2.45) is 11.1 Å². The Morgan fingerprint density at radius 3 is 2.67 bits per heavy atom.